The summed E-state index contributed by atoms with van der Waals surface area (Å²) in [7, 11) is 1.66. The summed E-state index contributed by atoms with van der Waals surface area (Å²) in [6, 6.07) is 0. The first-order chi connectivity index (χ1) is 9.72. The molecule has 0 radical (unpaired) electrons. The van der Waals surface area contributed by atoms with Gasteiger partial charge in [0.2, 0.25) is 5.91 Å². The molecule has 2 rings (SSSR count). The Morgan fingerprint density at radius 3 is 2.90 bits per heavy atom. The van der Waals surface area contributed by atoms with E-state index in [1.165, 1.54) is 0 Å². The fourth-order valence-corrected chi connectivity index (χ4v) is 2.64. The van der Waals surface area contributed by atoms with E-state index < -0.39 is 0 Å². The molecule has 1 aliphatic carbocycles. The lowest BCUT2D eigenvalue weighted by Gasteiger charge is -2.26. The van der Waals surface area contributed by atoms with Crippen molar-refractivity contribution in [1.82, 2.24) is 9.78 Å². The molecular formula is C14H24N4O2. The minimum absolute atomic E-state index is 0.103. The van der Waals surface area contributed by atoms with Gasteiger partial charge >= 0.3 is 0 Å². The molecule has 3 N–H and O–H groups in total. The predicted octanol–water partition coefficient (Wildman–Crippen LogP) is 1.23. The SMILES string of the molecule is COCCn1cc(NC(=O)C2CCC(CN)CC2)cn1. The van der Waals surface area contributed by atoms with Crippen LogP contribution in [-0.2, 0) is 16.1 Å². The Balaban J connectivity index is 1.80. The summed E-state index contributed by atoms with van der Waals surface area (Å²) >= 11 is 0. The molecule has 1 aromatic rings. The number of ether oxygens (including phenoxy) is 1. The van der Waals surface area contributed by atoms with Gasteiger partial charge in [-0.25, -0.2) is 0 Å². The zero-order valence-corrected chi connectivity index (χ0v) is 12.0. The number of rotatable bonds is 6. The molecule has 1 amide bonds. The van der Waals surface area contributed by atoms with Crippen LogP contribution in [0.2, 0.25) is 0 Å². The normalized spacial score (nSPS) is 22.7. The van der Waals surface area contributed by atoms with E-state index in [9.17, 15) is 4.79 Å². The molecule has 1 saturated carbocycles. The minimum atomic E-state index is 0.103. The van der Waals surface area contributed by atoms with Crippen LogP contribution in [0.3, 0.4) is 0 Å². The second kappa shape index (κ2) is 7.40. The number of amides is 1. The van der Waals surface area contributed by atoms with Gasteiger partial charge in [0, 0.05) is 19.2 Å². The smallest absolute Gasteiger partial charge is 0.227 e. The fourth-order valence-electron chi connectivity index (χ4n) is 2.64. The standard InChI is InChI=1S/C14H24N4O2/c1-20-7-6-18-10-13(9-16-18)17-14(19)12-4-2-11(8-15)3-5-12/h9-12H,2-8,15H2,1H3,(H,17,19). The van der Waals surface area contributed by atoms with Crippen molar-refractivity contribution >= 4 is 11.6 Å². The highest BCUT2D eigenvalue weighted by Crippen LogP contribution is 2.28. The van der Waals surface area contributed by atoms with E-state index in [-0.39, 0.29) is 11.8 Å². The maximum Gasteiger partial charge on any atom is 0.227 e. The Labute approximate surface area is 119 Å². The molecule has 1 aromatic heterocycles. The highest BCUT2D eigenvalue weighted by atomic mass is 16.5. The topological polar surface area (TPSA) is 82.2 Å². The fraction of sp³-hybridized carbons (Fsp3) is 0.714. The number of anilines is 1. The van der Waals surface area contributed by atoms with E-state index in [2.05, 4.69) is 10.4 Å². The molecule has 1 fully saturated rings. The molecule has 6 heteroatoms. The Bertz CT molecular complexity index is 425. The maximum absolute atomic E-state index is 12.2. The van der Waals surface area contributed by atoms with Crippen LogP contribution in [0.15, 0.2) is 12.4 Å². The summed E-state index contributed by atoms with van der Waals surface area (Å²) < 4.78 is 6.76. The third-order valence-electron chi connectivity index (χ3n) is 3.98. The van der Waals surface area contributed by atoms with Crippen LogP contribution in [0.4, 0.5) is 5.69 Å². The second-order valence-corrected chi connectivity index (χ2v) is 5.43. The Morgan fingerprint density at radius 1 is 1.50 bits per heavy atom. The highest BCUT2D eigenvalue weighted by Gasteiger charge is 2.25. The first-order valence-corrected chi connectivity index (χ1v) is 7.25. The van der Waals surface area contributed by atoms with Crippen LogP contribution in [0, 0.1) is 11.8 Å². The van der Waals surface area contributed by atoms with Crippen molar-refractivity contribution in [2.24, 2.45) is 17.6 Å². The molecular weight excluding hydrogens is 256 g/mol. The molecule has 0 atom stereocenters. The number of hydrogen-bond donors (Lipinski definition) is 2. The lowest BCUT2D eigenvalue weighted by Crippen LogP contribution is -2.29. The molecule has 0 bridgehead atoms. The summed E-state index contributed by atoms with van der Waals surface area (Å²) in [5.74, 6) is 0.808. The highest BCUT2D eigenvalue weighted by molar-refractivity contribution is 5.92. The lowest BCUT2D eigenvalue weighted by atomic mass is 9.81. The zero-order valence-electron chi connectivity index (χ0n) is 12.0. The van der Waals surface area contributed by atoms with E-state index >= 15 is 0 Å². The number of aromatic nitrogens is 2. The van der Waals surface area contributed by atoms with Gasteiger partial charge in [-0.3, -0.25) is 9.48 Å². The molecule has 0 spiro atoms. The lowest BCUT2D eigenvalue weighted by molar-refractivity contribution is -0.121. The summed E-state index contributed by atoms with van der Waals surface area (Å²) in [6.07, 6.45) is 7.50. The zero-order chi connectivity index (χ0) is 14.4. The molecule has 1 aliphatic rings. The van der Waals surface area contributed by atoms with Gasteiger partial charge in [0.25, 0.3) is 0 Å². The third-order valence-corrected chi connectivity index (χ3v) is 3.98. The van der Waals surface area contributed by atoms with Crippen molar-refractivity contribution in [3.63, 3.8) is 0 Å². The molecule has 0 saturated heterocycles. The van der Waals surface area contributed by atoms with Gasteiger partial charge in [-0.2, -0.15) is 5.10 Å². The number of nitrogens with one attached hydrogen (secondary N) is 1. The Hall–Kier alpha value is -1.40. The maximum atomic E-state index is 12.2. The largest absolute Gasteiger partial charge is 0.383 e. The summed E-state index contributed by atoms with van der Waals surface area (Å²) in [6.45, 7) is 2.03. The van der Waals surface area contributed by atoms with Gasteiger partial charge in [-0.15, -0.1) is 0 Å². The average Bonchev–Trinajstić information content (AvgIpc) is 2.92. The van der Waals surface area contributed by atoms with Crippen LogP contribution in [0.5, 0.6) is 0 Å². The van der Waals surface area contributed by atoms with E-state index in [0.29, 0.717) is 19.1 Å². The van der Waals surface area contributed by atoms with E-state index in [0.717, 1.165) is 37.9 Å². The molecule has 0 unspecified atom stereocenters. The molecule has 20 heavy (non-hydrogen) atoms. The number of hydrogen-bond acceptors (Lipinski definition) is 4. The number of carbonyl (C=O) groups excluding carboxylic acids is 1. The van der Waals surface area contributed by atoms with Gasteiger partial charge in [-0.1, -0.05) is 0 Å². The van der Waals surface area contributed by atoms with Crippen molar-refractivity contribution in [2.75, 3.05) is 25.6 Å². The van der Waals surface area contributed by atoms with Gasteiger partial charge in [-0.05, 0) is 38.1 Å². The van der Waals surface area contributed by atoms with E-state index in [1.807, 2.05) is 6.20 Å². The van der Waals surface area contributed by atoms with Crippen molar-refractivity contribution in [3.05, 3.63) is 12.4 Å². The second-order valence-electron chi connectivity index (χ2n) is 5.43. The minimum Gasteiger partial charge on any atom is -0.383 e. The first-order valence-electron chi connectivity index (χ1n) is 7.25. The van der Waals surface area contributed by atoms with Crippen molar-refractivity contribution in [2.45, 2.75) is 32.2 Å². The molecule has 0 aliphatic heterocycles. The molecule has 0 aromatic carbocycles. The van der Waals surface area contributed by atoms with Crippen LogP contribution in [0.1, 0.15) is 25.7 Å². The summed E-state index contributed by atoms with van der Waals surface area (Å²) in [5, 5.41) is 7.13. The predicted molar refractivity (Wildman–Crippen MR) is 77.2 cm³/mol. The van der Waals surface area contributed by atoms with Crippen LogP contribution >= 0.6 is 0 Å². The molecule has 112 valence electrons. The van der Waals surface area contributed by atoms with Crippen molar-refractivity contribution in [3.8, 4) is 0 Å². The Kier molecular flexibility index (Phi) is 5.55. The van der Waals surface area contributed by atoms with Gasteiger partial charge in [0.05, 0.1) is 25.0 Å². The summed E-state index contributed by atoms with van der Waals surface area (Å²) in [4.78, 5) is 12.2. The van der Waals surface area contributed by atoms with Crippen molar-refractivity contribution < 1.29 is 9.53 Å². The average molecular weight is 280 g/mol. The number of nitrogens with zero attached hydrogens (tertiary/aromatic N) is 2. The first kappa shape index (κ1) is 15.0. The van der Waals surface area contributed by atoms with Gasteiger partial charge in [0.15, 0.2) is 0 Å². The third kappa shape index (κ3) is 4.05. The summed E-state index contributed by atoms with van der Waals surface area (Å²) in [5.41, 5.74) is 6.43. The van der Waals surface area contributed by atoms with Crippen LogP contribution in [-0.4, -0.2) is 35.9 Å². The van der Waals surface area contributed by atoms with Crippen LogP contribution < -0.4 is 11.1 Å². The molecule has 6 nitrogen and oxygen atoms in total. The van der Waals surface area contributed by atoms with Crippen LogP contribution in [0.25, 0.3) is 0 Å². The number of carbonyl (C=O) groups is 1. The quantitative estimate of drug-likeness (QED) is 0.821. The Morgan fingerprint density at radius 2 is 2.25 bits per heavy atom. The van der Waals surface area contributed by atoms with Crippen molar-refractivity contribution in [1.29, 1.82) is 0 Å². The number of methoxy groups -OCH3 is 1. The van der Waals surface area contributed by atoms with Gasteiger partial charge < -0.3 is 15.8 Å². The number of nitrogens with two attached hydrogens (primary N) is 1. The van der Waals surface area contributed by atoms with E-state index in [1.54, 1.807) is 18.0 Å². The monoisotopic (exact) mass is 280 g/mol. The van der Waals surface area contributed by atoms with Gasteiger partial charge in [0.1, 0.15) is 0 Å². The molecule has 1 heterocycles. The van der Waals surface area contributed by atoms with E-state index in [4.69, 9.17) is 10.5 Å².